The van der Waals surface area contributed by atoms with Crippen LogP contribution >= 0.6 is 0 Å². The number of ether oxygens (including phenoxy) is 1. The Morgan fingerprint density at radius 3 is 2.80 bits per heavy atom. The van der Waals surface area contributed by atoms with E-state index in [1.807, 2.05) is 0 Å². The van der Waals surface area contributed by atoms with Crippen molar-refractivity contribution in [1.82, 2.24) is 0 Å². The lowest BCUT2D eigenvalue weighted by atomic mass is 10.5. The molecule has 0 saturated carbocycles. The van der Waals surface area contributed by atoms with Crippen molar-refractivity contribution in [3.05, 3.63) is 0 Å². The van der Waals surface area contributed by atoms with Gasteiger partial charge in [-0.25, -0.2) is 4.21 Å². The van der Waals surface area contributed by atoms with Crippen molar-refractivity contribution >= 4 is 17.8 Å². The maximum absolute atomic E-state index is 9.81. The molecule has 0 heterocycles. The molecule has 0 aromatic rings. The summed E-state index contributed by atoms with van der Waals surface area (Å²) in [6, 6.07) is 0. The van der Waals surface area contributed by atoms with Crippen LogP contribution in [0.15, 0.2) is 0 Å². The van der Waals surface area contributed by atoms with Gasteiger partial charge < -0.3 is 9.29 Å². The average Bonchev–Trinajstić information content (AvgIpc) is 1.82. The van der Waals surface area contributed by atoms with Crippen LogP contribution in [0.3, 0.4) is 0 Å². The van der Waals surface area contributed by atoms with Crippen molar-refractivity contribution in [2.75, 3.05) is 6.61 Å². The Labute approximate surface area is 60.8 Å². The first kappa shape index (κ1) is 9.54. The van der Waals surface area contributed by atoms with Crippen molar-refractivity contribution in [2.24, 2.45) is 0 Å². The molecular weight excluding hydrogens is 160 g/mol. The molecule has 0 spiro atoms. The van der Waals surface area contributed by atoms with E-state index in [4.69, 9.17) is 0 Å². The highest BCUT2D eigenvalue weighted by Gasteiger charge is 2.00. The van der Waals surface area contributed by atoms with Crippen LogP contribution < -0.4 is 0 Å². The van der Waals surface area contributed by atoms with Crippen LogP contribution in [-0.4, -0.2) is 27.9 Å². The second-order valence-electron chi connectivity index (χ2n) is 1.54. The molecule has 10 heavy (non-hydrogen) atoms. The molecule has 0 rings (SSSR count). The standard InChI is InChI=1S/C4H8O5S/c1-4(2-8-3-5)9-10(6)7/h3-4H,2H2,1H3,(H,6,7)/p-1. The van der Waals surface area contributed by atoms with Crippen LogP contribution in [0.25, 0.3) is 0 Å². The lowest BCUT2D eigenvalue weighted by Gasteiger charge is -2.11. The zero-order valence-corrected chi connectivity index (χ0v) is 6.13. The van der Waals surface area contributed by atoms with Crippen LogP contribution in [0.5, 0.6) is 0 Å². The van der Waals surface area contributed by atoms with E-state index in [9.17, 15) is 13.6 Å². The lowest BCUT2D eigenvalue weighted by molar-refractivity contribution is -0.130. The zero-order valence-electron chi connectivity index (χ0n) is 5.31. The van der Waals surface area contributed by atoms with E-state index >= 15 is 0 Å². The van der Waals surface area contributed by atoms with Crippen LogP contribution in [0.4, 0.5) is 0 Å². The first-order valence-electron chi connectivity index (χ1n) is 2.48. The first-order chi connectivity index (χ1) is 4.66. The fourth-order valence-corrected chi connectivity index (χ4v) is 0.660. The summed E-state index contributed by atoms with van der Waals surface area (Å²) in [6.45, 7) is 1.64. The summed E-state index contributed by atoms with van der Waals surface area (Å²) in [5.74, 6) is 0. The van der Waals surface area contributed by atoms with E-state index in [1.54, 1.807) is 0 Å². The maximum Gasteiger partial charge on any atom is 0.293 e. The largest absolute Gasteiger partial charge is 0.750 e. The quantitative estimate of drug-likeness (QED) is 0.402. The van der Waals surface area contributed by atoms with Crippen molar-refractivity contribution in [3.8, 4) is 0 Å². The highest BCUT2D eigenvalue weighted by atomic mass is 32.2. The van der Waals surface area contributed by atoms with Gasteiger partial charge in [0.05, 0.1) is 11.4 Å². The molecule has 6 heteroatoms. The molecule has 0 aromatic heterocycles. The second kappa shape index (κ2) is 5.33. The summed E-state index contributed by atoms with van der Waals surface area (Å²) >= 11 is -2.55. The van der Waals surface area contributed by atoms with Crippen LogP contribution in [0.2, 0.25) is 0 Å². The summed E-state index contributed by atoms with van der Waals surface area (Å²) < 4.78 is 28.0. The van der Waals surface area contributed by atoms with Gasteiger partial charge in [0.2, 0.25) is 0 Å². The van der Waals surface area contributed by atoms with Gasteiger partial charge in [0.1, 0.15) is 12.7 Å². The van der Waals surface area contributed by atoms with Gasteiger partial charge in [0.15, 0.2) is 0 Å². The summed E-state index contributed by atoms with van der Waals surface area (Å²) in [6.07, 6.45) is -0.622. The van der Waals surface area contributed by atoms with E-state index in [0.29, 0.717) is 0 Å². The molecule has 0 aliphatic heterocycles. The number of carbonyl (C=O) groups excluding carboxylic acids is 1. The molecule has 0 bridgehead atoms. The Balaban J connectivity index is 3.33. The molecule has 0 aliphatic rings. The Hall–Kier alpha value is -0.460. The Morgan fingerprint density at radius 1 is 1.80 bits per heavy atom. The zero-order chi connectivity index (χ0) is 7.98. The fraction of sp³-hybridized carbons (Fsp3) is 0.750. The minimum absolute atomic E-state index is 0.0581. The Bertz CT molecular complexity index is 125. The van der Waals surface area contributed by atoms with Crippen LogP contribution in [-0.2, 0) is 25.1 Å². The summed E-state index contributed by atoms with van der Waals surface area (Å²) in [5.41, 5.74) is 0. The third-order valence-corrected chi connectivity index (χ3v) is 1.13. The van der Waals surface area contributed by atoms with Gasteiger partial charge in [-0.05, 0) is 6.92 Å². The van der Waals surface area contributed by atoms with Crippen molar-refractivity contribution in [1.29, 1.82) is 0 Å². The Kier molecular flexibility index (Phi) is 5.09. The van der Waals surface area contributed by atoms with Crippen molar-refractivity contribution in [2.45, 2.75) is 13.0 Å². The average molecular weight is 167 g/mol. The molecule has 5 nitrogen and oxygen atoms in total. The number of carbonyl (C=O) groups is 1. The summed E-state index contributed by atoms with van der Waals surface area (Å²) in [5, 5.41) is 0. The molecule has 0 radical (unpaired) electrons. The Morgan fingerprint density at radius 2 is 2.40 bits per heavy atom. The van der Waals surface area contributed by atoms with Gasteiger partial charge >= 0.3 is 0 Å². The second-order valence-corrected chi connectivity index (χ2v) is 2.14. The molecule has 0 aliphatic carbocycles. The van der Waals surface area contributed by atoms with Gasteiger partial charge in [-0.2, -0.15) is 0 Å². The number of hydrogen-bond acceptors (Lipinski definition) is 5. The monoisotopic (exact) mass is 167 g/mol. The number of rotatable bonds is 5. The highest BCUT2D eigenvalue weighted by molar-refractivity contribution is 7.74. The molecule has 2 atom stereocenters. The first-order valence-corrected chi connectivity index (χ1v) is 3.48. The fourth-order valence-electron chi connectivity index (χ4n) is 0.337. The van der Waals surface area contributed by atoms with E-state index in [0.717, 1.165) is 0 Å². The summed E-state index contributed by atoms with van der Waals surface area (Å²) in [7, 11) is 0. The van der Waals surface area contributed by atoms with Gasteiger partial charge in [0, 0.05) is 0 Å². The van der Waals surface area contributed by atoms with Gasteiger partial charge in [-0.3, -0.25) is 8.98 Å². The van der Waals surface area contributed by atoms with E-state index in [2.05, 4.69) is 8.92 Å². The molecule has 0 saturated heterocycles. The van der Waals surface area contributed by atoms with Gasteiger partial charge in [-0.15, -0.1) is 0 Å². The van der Waals surface area contributed by atoms with Crippen molar-refractivity contribution < 1.29 is 22.5 Å². The van der Waals surface area contributed by atoms with E-state index < -0.39 is 17.5 Å². The third-order valence-electron chi connectivity index (χ3n) is 0.642. The predicted molar refractivity (Wildman–Crippen MR) is 31.5 cm³/mol. The predicted octanol–water partition coefficient (Wildman–Crippen LogP) is -0.641. The summed E-state index contributed by atoms with van der Waals surface area (Å²) in [4.78, 5) is 9.56. The molecule has 0 aromatic carbocycles. The molecule has 2 unspecified atom stereocenters. The normalized spacial score (nSPS) is 15.8. The smallest absolute Gasteiger partial charge is 0.293 e. The SMILES string of the molecule is CC(COC=O)OS(=O)[O-]. The minimum atomic E-state index is -2.55. The minimum Gasteiger partial charge on any atom is -0.750 e. The third kappa shape index (κ3) is 5.67. The lowest BCUT2D eigenvalue weighted by Crippen LogP contribution is -2.16. The van der Waals surface area contributed by atoms with Crippen molar-refractivity contribution in [3.63, 3.8) is 0 Å². The molecule has 0 fully saturated rings. The van der Waals surface area contributed by atoms with E-state index in [-0.39, 0.29) is 13.1 Å². The maximum atomic E-state index is 9.81. The van der Waals surface area contributed by atoms with Gasteiger partial charge in [0.25, 0.3) is 6.47 Å². The molecule has 0 amide bonds. The van der Waals surface area contributed by atoms with Crippen LogP contribution in [0.1, 0.15) is 6.92 Å². The number of hydrogen-bond donors (Lipinski definition) is 0. The van der Waals surface area contributed by atoms with Crippen LogP contribution in [0, 0.1) is 0 Å². The van der Waals surface area contributed by atoms with Gasteiger partial charge in [-0.1, -0.05) is 0 Å². The molecular formula is C4H7O5S-. The highest BCUT2D eigenvalue weighted by Crippen LogP contribution is 1.92. The molecule has 60 valence electrons. The van der Waals surface area contributed by atoms with E-state index in [1.165, 1.54) is 6.92 Å². The topological polar surface area (TPSA) is 75.7 Å². The molecule has 0 N–H and O–H groups in total.